The summed E-state index contributed by atoms with van der Waals surface area (Å²) in [6.07, 6.45) is 13.8. The van der Waals surface area contributed by atoms with Gasteiger partial charge >= 0.3 is 0 Å². The zero-order valence-corrected chi connectivity index (χ0v) is 19.7. The van der Waals surface area contributed by atoms with Crippen molar-refractivity contribution in [2.24, 2.45) is 46.3 Å². The van der Waals surface area contributed by atoms with Gasteiger partial charge in [0.05, 0.1) is 12.2 Å². The van der Waals surface area contributed by atoms with E-state index in [9.17, 15) is 10.2 Å². The maximum absolute atomic E-state index is 11.1. The third kappa shape index (κ3) is 3.65. The Hall–Kier alpha value is -0.340. The molecule has 3 saturated carbocycles. The van der Waals surface area contributed by atoms with Gasteiger partial charge in [-0.05, 0) is 96.9 Å². The summed E-state index contributed by atoms with van der Waals surface area (Å²) in [5.74, 6) is 4.70. The highest BCUT2D eigenvalue weighted by molar-refractivity contribution is 5.29. The van der Waals surface area contributed by atoms with Crippen LogP contribution in [0.15, 0.2) is 11.6 Å². The molecule has 0 aliphatic heterocycles. The molecule has 2 N–H and O–H groups in total. The van der Waals surface area contributed by atoms with E-state index in [1.807, 2.05) is 6.08 Å². The van der Waals surface area contributed by atoms with Crippen LogP contribution in [0.1, 0.15) is 98.8 Å². The van der Waals surface area contributed by atoms with E-state index in [-0.39, 0.29) is 17.6 Å². The molecule has 9 atom stereocenters. The first-order valence-corrected chi connectivity index (χ1v) is 12.7. The molecule has 2 nitrogen and oxygen atoms in total. The lowest BCUT2D eigenvalue weighted by Gasteiger charge is -2.60. The molecule has 0 aromatic carbocycles. The molecule has 0 unspecified atom stereocenters. The Kier molecular flexibility index (Phi) is 6.01. The van der Waals surface area contributed by atoms with E-state index in [2.05, 4.69) is 34.6 Å². The van der Waals surface area contributed by atoms with Crippen molar-refractivity contribution in [2.45, 2.75) is 111 Å². The van der Waals surface area contributed by atoms with E-state index < -0.39 is 0 Å². The zero-order chi connectivity index (χ0) is 21.0. The van der Waals surface area contributed by atoms with Crippen LogP contribution in [0.3, 0.4) is 0 Å². The molecule has 0 aromatic rings. The minimum absolute atomic E-state index is 0.115. The average Bonchev–Trinajstić information content (AvgIpc) is 3.00. The first-order valence-electron chi connectivity index (χ1n) is 12.7. The maximum Gasteiger partial charge on any atom is 0.0759 e. The number of aliphatic hydroxyl groups is 2. The van der Waals surface area contributed by atoms with E-state index in [1.54, 1.807) is 0 Å². The first-order chi connectivity index (χ1) is 13.7. The molecule has 0 heterocycles. The number of fused-ring (bicyclic) bond motifs is 5. The molecule has 29 heavy (non-hydrogen) atoms. The first kappa shape index (κ1) is 21.9. The Morgan fingerprint density at radius 3 is 2.45 bits per heavy atom. The van der Waals surface area contributed by atoms with Crippen molar-refractivity contribution in [1.29, 1.82) is 0 Å². The van der Waals surface area contributed by atoms with Gasteiger partial charge in [0.1, 0.15) is 0 Å². The van der Waals surface area contributed by atoms with Gasteiger partial charge in [-0.1, -0.05) is 60.0 Å². The van der Waals surface area contributed by atoms with E-state index >= 15 is 0 Å². The minimum Gasteiger partial charge on any atom is -0.389 e. The number of aliphatic hydroxyl groups excluding tert-OH is 2. The van der Waals surface area contributed by atoms with Gasteiger partial charge in [0.25, 0.3) is 0 Å². The van der Waals surface area contributed by atoms with Crippen LogP contribution in [0.25, 0.3) is 0 Å². The van der Waals surface area contributed by atoms with Crippen molar-refractivity contribution in [3.05, 3.63) is 11.6 Å². The van der Waals surface area contributed by atoms with Crippen molar-refractivity contribution in [2.75, 3.05) is 0 Å². The summed E-state index contributed by atoms with van der Waals surface area (Å²) in [6.45, 7) is 12.3. The number of hydrogen-bond donors (Lipinski definition) is 2. The van der Waals surface area contributed by atoms with Crippen LogP contribution in [0.4, 0.5) is 0 Å². The predicted molar refractivity (Wildman–Crippen MR) is 120 cm³/mol. The van der Waals surface area contributed by atoms with Crippen molar-refractivity contribution in [3.8, 4) is 0 Å². The monoisotopic (exact) mass is 402 g/mol. The summed E-state index contributed by atoms with van der Waals surface area (Å²) in [5, 5.41) is 21.3. The van der Waals surface area contributed by atoms with Crippen molar-refractivity contribution < 1.29 is 10.2 Å². The summed E-state index contributed by atoms with van der Waals surface area (Å²) in [7, 11) is 0. The largest absolute Gasteiger partial charge is 0.389 e. The normalized spacial score (nSPS) is 47.9. The van der Waals surface area contributed by atoms with Gasteiger partial charge in [-0.3, -0.25) is 0 Å². The van der Waals surface area contributed by atoms with Crippen LogP contribution >= 0.6 is 0 Å². The molecule has 4 aliphatic rings. The van der Waals surface area contributed by atoms with Crippen molar-refractivity contribution in [3.63, 3.8) is 0 Å². The smallest absolute Gasteiger partial charge is 0.0759 e. The van der Waals surface area contributed by atoms with Gasteiger partial charge < -0.3 is 10.2 Å². The highest BCUT2D eigenvalue weighted by Crippen LogP contribution is 2.67. The Labute approximate surface area is 179 Å². The van der Waals surface area contributed by atoms with Gasteiger partial charge in [-0.2, -0.15) is 0 Å². The fourth-order valence-electron chi connectivity index (χ4n) is 8.78. The number of hydrogen-bond acceptors (Lipinski definition) is 2. The lowest BCUT2D eigenvalue weighted by molar-refractivity contribution is -0.0874. The Bertz CT molecular complexity index is 624. The third-order valence-corrected chi connectivity index (χ3v) is 10.3. The zero-order valence-electron chi connectivity index (χ0n) is 19.7. The summed E-state index contributed by atoms with van der Waals surface area (Å²) >= 11 is 0. The quantitative estimate of drug-likeness (QED) is 0.525. The Morgan fingerprint density at radius 1 is 0.966 bits per heavy atom. The van der Waals surface area contributed by atoms with E-state index in [0.29, 0.717) is 17.3 Å². The average molecular weight is 403 g/mol. The molecule has 4 aliphatic carbocycles. The van der Waals surface area contributed by atoms with Crippen LogP contribution < -0.4 is 0 Å². The lowest BCUT2D eigenvalue weighted by Crippen LogP contribution is -2.54. The molecule has 0 spiro atoms. The summed E-state index contributed by atoms with van der Waals surface area (Å²) < 4.78 is 0. The van der Waals surface area contributed by atoms with Gasteiger partial charge in [-0.15, -0.1) is 0 Å². The van der Waals surface area contributed by atoms with Crippen LogP contribution in [-0.2, 0) is 0 Å². The van der Waals surface area contributed by atoms with Crippen LogP contribution in [0.2, 0.25) is 0 Å². The second-order valence-corrected chi connectivity index (χ2v) is 12.3. The molecular formula is C27H46O2. The lowest BCUT2D eigenvalue weighted by atomic mass is 9.46. The topological polar surface area (TPSA) is 40.5 Å². The van der Waals surface area contributed by atoms with Gasteiger partial charge in [0.2, 0.25) is 0 Å². The molecule has 0 aromatic heterocycles. The molecular weight excluding hydrogens is 356 g/mol. The van der Waals surface area contributed by atoms with E-state index in [4.69, 9.17) is 0 Å². The fraction of sp³-hybridized carbons (Fsp3) is 0.926. The standard InChI is InChI=1S/C27H46O2/c1-17(2)7-6-8-18(3)21-9-10-22-20-16-25(29)24-15-19(28)11-13-27(24,5)23(20)12-14-26(21,22)4/h15,17-23,25,28-29H,6-14,16H2,1-5H3/t18-,19-,20-,21+,22-,23-,25+,26+,27+/m0/s1. The highest BCUT2D eigenvalue weighted by atomic mass is 16.3. The van der Waals surface area contributed by atoms with E-state index in [0.717, 1.165) is 42.9 Å². The second-order valence-electron chi connectivity index (χ2n) is 12.3. The predicted octanol–water partition coefficient (Wildman–Crippen LogP) is 6.36. The molecule has 2 heteroatoms. The fourth-order valence-corrected chi connectivity index (χ4v) is 8.78. The maximum atomic E-state index is 11.1. The number of rotatable bonds is 5. The van der Waals surface area contributed by atoms with Gasteiger partial charge in [-0.25, -0.2) is 0 Å². The Balaban J connectivity index is 1.52. The minimum atomic E-state index is -0.347. The van der Waals surface area contributed by atoms with Gasteiger partial charge in [0.15, 0.2) is 0 Å². The van der Waals surface area contributed by atoms with Crippen LogP contribution in [-0.4, -0.2) is 22.4 Å². The van der Waals surface area contributed by atoms with Crippen LogP contribution in [0, 0.1) is 46.3 Å². The molecule has 0 saturated heterocycles. The third-order valence-electron chi connectivity index (χ3n) is 10.3. The molecule has 4 rings (SSSR count). The highest BCUT2D eigenvalue weighted by Gasteiger charge is 2.60. The molecule has 3 fully saturated rings. The van der Waals surface area contributed by atoms with Crippen molar-refractivity contribution in [1.82, 2.24) is 0 Å². The van der Waals surface area contributed by atoms with Crippen LogP contribution in [0.5, 0.6) is 0 Å². The molecule has 166 valence electrons. The Morgan fingerprint density at radius 2 is 1.72 bits per heavy atom. The second kappa shape index (κ2) is 7.97. The molecule has 0 bridgehead atoms. The SMILES string of the molecule is CC(C)CCC[C@H](C)[C@H]1CC[C@H]2[C@@H]3C[C@@H](O)C4=C[C@@H](O)CC[C@]4(C)[C@H]3CC[C@]12C. The molecule has 0 amide bonds. The molecule has 0 radical (unpaired) electrons. The van der Waals surface area contributed by atoms with E-state index in [1.165, 1.54) is 50.5 Å². The summed E-state index contributed by atoms with van der Waals surface area (Å²) in [6, 6.07) is 0. The summed E-state index contributed by atoms with van der Waals surface area (Å²) in [5.41, 5.74) is 1.77. The van der Waals surface area contributed by atoms with Gasteiger partial charge in [0, 0.05) is 0 Å². The van der Waals surface area contributed by atoms with Crippen molar-refractivity contribution >= 4 is 0 Å². The summed E-state index contributed by atoms with van der Waals surface area (Å²) in [4.78, 5) is 0.